The maximum absolute atomic E-state index is 5.10. The number of rotatable bonds is 6. The standard InChI is InChI=1S/C14H17IN4O/c1-3-16-12-8-13(19-14(18-12)9-20-2)17-11-6-4-5-10(15)7-11/h4-8H,3,9H2,1-2H3,(H2,16,17,18,19). The second kappa shape index (κ2) is 7.39. The van der Waals surface area contributed by atoms with E-state index >= 15 is 0 Å². The molecule has 106 valence electrons. The Bertz CT molecular complexity index is 553. The topological polar surface area (TPSA) is 59.1 Å². The highest BCUT2D eigenvalue weighted by molar-refractivity contribution is 14.1. The molecule has 20 heavy (non-hydrogen) atoms. The Kier molecular flexibility index (Phi) is 5.54. The first kappa shape index (κ1) is 15.0. The lowest BCUT2D eigenvalue weighted by Gasteiger charge is -2.10. The van der Waals surface area contributed by atoms with Gasteiger partial charge in [0.2, 0.25) is 0 Å². The van der Waals surface area contributed by atoms with E-state index in [4.69, 9.17) is 4.74 Å². The van der Waals surface area contributed by atoms with Gasteiger partial charge in [-0.2, -0.15) is 0 Å². The van der Waals surface area contributed by atoms with Crippen LogP contribution >= 0.6 is 22.6 Å². The smallest absolute Gasteiger partial charge is 0.158 e. The van der Waals surface area contributed by atoms with Crippen LogP contribution in [0, 0.1) is 3.57 Å². The van der Waals surface area contributed by atoms with Gasteiger partial charge in [0.15, 0.2) is 5.82 Å². The molecule has 0 aliphatic heterocycles. The molecule has 0 amide bonds. The van der Waals surface area contributed by atoms with E-state index in [0.29, 0.717) is 12.4 Å². The summed E-state index contributed by atoms with van der Waals surface area (Å²) in [6.07, 6.45) is 0. The van der Waals surface area contributed by atoms with E-state index in [9.17, 15) is 0 Å². The molecule has 0 radical (unpaired) electrons. The summed E-state index contributed by atoms with van der Waals surface area (Å²) in [4.78, 5) is 8.82. The number of halogens is 1. The largest absolute Gasteiger partial charge is 0.377 e. The van der Waals surface area contributed by atoms with Crippen molar-refractivity contribution in [2.24, 2.45) is 0 Å². The van der Waals surface area contributed by atoms with Gasteiger partial charge < -0.3 is 15.4 Å². The van der Waals surface area contributed by atoms with E-state index < -0.39 is 0 Å². The van der Waals surface area contributed by atoms with Crippen LogP contribution in [0.3, 0.4) is 0 Å². The van der Waals surface area contributed by atoms with E-state index in [2.05, 4.69) is 49.3 Å². The molecule has 0 saturated heterocycles. The molecule has 0 spiro atoms. The van der Waals surface area contributed by atoms with E-state index in [1.165, 1.54) is 3.57 Å². The van der Waals surface area contributed by atoms with Gasteiger partial charge in [0, 0.05) is 29.0 Å². The van der Waals surface area contributed by atoms with Crippen LogP contribution in [0.2, 0.25) is 0 Å². The van der Waals surface area contributed by atoms with Crippen molar-refractivity contribution in [3.05, 3.63) is 39.7 Å². The molecule has 0 aliphatic rings. The van der Waals surface area contributed by atoms with Gasteiger partial charge in [0.1, 0.15) is 18.2 Å². The molecule has 0 atom stereocenters. The predicted octanol–water partition coefficient (Wildman–Crippen LogP) is 3.40. The summed E-state index contributed by atoms with van der Waals surface area (Å²) < 4.78 is 6.28. The molecular weight excluding hydrogens is 367 g/mol. The van der Waals surface area contributed by atoms with E-state index in [1.807, 2.05) is 31.2 Å². The van der Waals surface area contributed by atoms with E-state index in [1.54, 1.807) is 7.11 Å². The fourth-order valence-corrected chi connectivity index (χ4v) is 2.28. The highest BCUT2D eigenvalue weighted by atomic mass is 127. The highest BCUT2D eigenvalue weighted by Crippen LogP contribution is 2.19. The van der Waals surface area contributed by atoms with Crippen LogP contribution in [-0.2, 0) is 11.3 Å². The van der Waals surface area contributed by atoms with Crippen LogP contribution in [0.25, 0.3) is 0 Å². The number of benzene rings is 1. The minimum absolute atomic E-state index is 0.389. The summed E-state index contributed by atoms with van der Waals surface area (Å²) in [5, 5.41) is 6.49. The third kappa shape index (κ3) is 4.31. The molecule has 2 aromatic rings. The second-order valence-corrected chi connectivity index (χ2v) is 5.40. The Morgan fingerprint density at radius 1 is 1.20 bits per heavy atom. The minimum atomic E-state index is 0.389. The van der Waals surface area contributed by atoms with Crippen LogP contribution in [0.1, 0.15) is 12.7 Å². The molecule has 0 saturated carbocycles. The average Bonchev–Trinajstić information content (AvgIpc) is 2.39. The van der Waals surface area contributed by atoms with Gasteiger partial charge in [-0.1, -0.05) is 6.07 Å². The van der Waals surface area contributed by atoms with E-state index in [0.717, 1.165) is 23.9 Å². The fourth-order valence-electron chi connectivity index (χ4n) is 1.74. The Morgan fingerprint density at radius 2 is 2.00 bits per heavy atom. The zero-order valence-corrected chi connectivity index (χ0v) is 13.6. The predicted molar refractivity (Wildman–Crippen MR) is 89.4 cm³/mol. The summed E-state index contributed by atoms with van der Waals surface area (Å²) in [5.41, 5.74) is 1.00. The molecule has 0 fully saturated rings. The number of nitrogens with one attached hydrogen (secondary N) is 2. The maximum atomic E-state index is 5.10. The van der Waals surface area contributed by atoms with Crippen LogP contribution in [0.15, 0.2) is 30.3 Å². The van der Waals surface area contributed by atoms with Crippen molar-refractivity contribution in [3.63, 3.8) is 0 Å². The molecule has 5 nitrogen and oxygen atoms in total. The first-order valence-corrected chi connectivity index (χ1v) is 7.42. The first-order chi connectivity index (χ1) is 9.71. The number of methoxy groups -OCH3 is 1. The summed E-state index contributed by atoms with van der Waals surface area (Å²) in [5.74, 6) is 2.20. The van der Waals surface area contributed by atoms with Gasteiger partial charge in [-0.15, -0.1) is 0 Å². The Hall–Kier alpha value is -1.41. The second-order valence-electron chi connectivity index (χ2n) is 4.15. The van der Waals surface area contributed by atoms with Gasteiger partial charge in [-0.25, -0.2) is 9.97 Å². The summed E-state index contributed by atoms with van der Waals surface area (Å²) >= 11 is 2.28. The molecule has 1 heterocycles. The lowest BCUT2D eigenvalue weighted by atomic mass is 10.3. The monoisotopic (exact) mass is 384 g/mol. The molecular formula is C14H17IN4O. The van der Waals surface area contributed by atoms with Crippen molar-refractivity contribution in [2.75, 3.05) is 24.3 Å². The average molecular weight is 384 g/mol. The van der Waals surface area contributed by atoms with Crippen molar-refractivity contribution in [2.45, 2.75) is 13.5 Å². The van der Waals surface area contributed by atoms with Crippen molar-refractivity contribution >= 4 is 39.9 Å². The van der Waals surface area contributed by atoms with Crippen molar-refractivity contribution in [1.29, 1.82) is 0 Å². The zero-order chi connectivity index (χ0) is 14.4. The fraction of sp³-hybridized carbons (Fsp3) is 0.286. The van der Waals surface area contributed by atoms with Crippen LogP contribution < -0.4 is 10.6 Å². The number of nitrogens with zero attached hydrogens (tertiary/aromatic N) is 2. The molecule has 0 aliphatic carbocycles. The molecule has 0 unspecified atom stereocenters. The number of hydrogen-bond donors (Lipinski definition) is 2. The summed E-state index contributed by atoms with van der Waals surface area (Å²) in [6.45, 7) is 3.23. The molecule has 1 aromatic carbocycles. The molecule has 2 rings (SSSR count). The number of hydrogen-bond acceptors (Lipinski definition) is 5. The molecule has 6 heteroatoms. The number of ether oxygens (including phenoxy) is 1. The zero-order valence-electron chi connectivity index (χ0n) is 11.5. The highest BCUT2D eigenvalue weighted by Gasteiger charge is 2.05. The lowest BCUT2D eigenvalue weighted by molar-refractivity contribution is 0.178. The van der Waals surface area contributed by atoms with Crippen LogP contribution in [0.5, 0.6) is 0 Å². The van der Waals surface area contributed by atoms with Crippen molar-refractivity contribution < 1.29 is 4.74 Å². The van der Waals surface area contributed by atoms with Gasteiger partial charge in [0.05, 0.1) is 0 Å². The maximum Gasteiger partial charge on any atom is 0.158 e. The van der Waals surface area contributed by atoms with Crippen molar-refractivity contribution in [3.8, 4) is 0 Å². The minimum Gasteiger partial charge on any atom is -0.377 e. The number of anilines is 3. The number of aromatic nitrogens is 2. The van der Waals surface area contributed by atoms with E-state index in [-0.39, 0.29) is 0 Å². The molecule has 1 aromatic heterocycles. The third-order valence-corrected chi connectivity index (χ3v) is 3.17. The molecule has 0 bridgehead atoms. The first-order valence-electron chi connectivity index (χ1n) is 6.34. The van der Waals surface area contributed by atoms with Gasteiger partial charge in [-0.05, 0) is 47.7 Å². The van der Waals surface area contributed by atoms with Crippen LogP contribution in [0.4, 0.5) is 17.3 Å². The van der Waals surface area contributed by atoms with Gasteiger partial charge >= 0.3 is 0 Å². The third-order valence-electron chi connectivity index (χ3n) is 2.50. The van der Waals surface area contributed by atoms with Crippen molar-refractivity contribution in [1.82, 2.24) is 9.97 Å². The Morgan fingerprint density at radius 3 is 2.70 bits per heavy atom. The van der Waals surface area contributed by atoms with Gasteiger partial charge in [-0.3, -0.25) is 0 Å². The summed E-state index contributed by atoms with van der Waals surface area (Å²) in [6, 6.07) is 10.0. The molecule has 2 N–H and O–H groups in total. The Balaban J connectivity index is 2.25. The Labute approximate surface area is 132 Å². The lowest BCUT2D eigenvalue weighted by Crippen LogP contribution is -2.06. The normalized spacial score (nSPS) is 10.3. The SMILES string of the molecule is CCNc1cc(Nc2cccc(I)c2)nc(COC)n1. The van der Waals surface area contributed by atoms with Crippen LogP contribution in [-0.4, -0.2) is 23.6 Å². The summed E-state index contributed by atoms with van der Waals surface area (Å²) in [7, 11) is 1.63. The van der Waals surface area contributed by atoms with Gasteiger partial charge in [0.25, 0.3) is 0 Å². The quantitative estimate of drug-likeness (QED) is 0.748.